The number of aromatic nitrogens is 2. The minimum absolute atomic E-state index is 0.208. The van der Waals surface area contributed by atoms with Crippen molar-refractivity contribution in [1.82, 2.24) is 10.2 Å². The largest absolute Gasteiger partial charge is 0.465 e. The molecule has 1 fully saturated rings. The number of thioether (sulfide) groups is 1. The lowest BCUT2D eigenvalue weighted by atomic mass is 10.1. The van der Waals surface area contributed by atoms with E-state index >= 15 is 0 Å². The Morgan fingerprint density at radius 3 is 3.00 bits per heavy atom. The van der Waals surface area contributed by atoms with E-state index in [1.807, 2.05) is 31.2 Å². The molecular weight excluding hydrogens is 264 g/mol. The van der Waals surface area contributed by atoms with Crippen LogP contribution >= 0.6 is 11.8 Å². The smallest absolute Gasteiger partial charge is 0.319 e. The van der Waals surface area contributed by atoms with Crippen LogP contribution in [0.15, 0.2) is 33.9 Å². The summed E-state index contributed by atoms with van der Waals surface area (Å²) in [7, 11) is 0. The number of hydrogen-bond acceptors (Lipinski definition) is 6. The molecule has 0 unspecified atom stereocenters. The summed E-state index contributed by atoms with van der Waals surface area (Å²) in [5.74, 6) is 0.262. The Morgan fingerprint density at radius 1 is 1.37 bits per heavy atom. The molecule has 0 spiro atoms. The number of carbonyl (C=O) groups is 1. The highest BCUT2D eigenvalue weighted by atomic mass is 32.2. The number of cyclic esters (lactones) is 1. The van der Waals surface area contributed by atoms with E-state index < -0.39 is 0 Å². The van der Waals surface area contributed by atoms with Crippen LogP contribution in [0, 0.1) is 6.92 Å². The van der Waals surface area contributed by atoms with Gasteiger partial charge in [-0.2, -0.15) is 0 Å². The standard InChI is InChI=1S/C13H12N2O3S/c1-8-3-2-4-9(7-8)11-14-15-13(18-11)19-10-5-6-17-12(10)16/h2-4,7,10H,5-6H2,1H3/t10-/m1/s1. The van der Waals surface area contributed by atoms with Gasteiger partial charge in [-0.15, -0.1) is 10.2 Å². The zero-order valence-corrected chi connectivity index (χ0v) is 11.1. The number of carbonyl (C=O) groups excluding carboxylic acids is 1. The normalized spacial score (nSPS) is 18.6. The second kappa shape index (κ2) is 5.05. The third-order valence-electron chi connectivity index (χ3n) is 2.80. The number of benzene rings is 1. The summed E-state index contributed by atoms with van der Waals surface area (Å²) < 4.78 is 10.5. The second-order valence-corrected chi connectivity index (χ2v) is 5.46. The maximum absolute atomic E-state index is 11.4. The van der Waals surface area contributed by atoms with Gasteiger partial charge in [-0.05, 0) is 30.8 Å². The van der Waals surface area contributed by atoms with E-state index in [0.717, 1.165) is 11.1 Å². The molecule has 1 atom stereocenters. The molecule has 3 rings (SSSR count). The molecule has 1 saturated heterocycles. The van der Waals surface area contributed by atoms with Crippen LogP contribution in [0.2, 0.25) is 0 Å². The first-order chi connectivity index (χ1) is 9.22. The molecule has 0 amide bonds. The SMILES string of the molecule is Cc1cccc(-c2nnc(S[C@@H]3CCOC3=O)o2)c1. The molecule has 0 N–H and O–H groups in total. The van der Waals surface area contributed by atoms with Gasteiger partial charge in [0.15, 0.2) is 0 Å². The van der Waals surface area contributed by atoms with Crippen LogP contribution in [-0.2, 0) is 9.53 Å². The summed E-state index contributed by atoms with van der Waals surface area (Å²) in [5.41, 5.74) is 2.01. The Kier molecular flexibility index (Phi) is 3.25. The van der Waals surface area contributed by atoms with Crippen LogP contribution < -0.4 is 0 Å². The fourth-order valence-electron chi connectivity index (χ4n) is 1.86. The second-order valence-electron chi connectivity index (χ2n) is 4.31. The predicted molar refractivity (Wildman–Crippen MR) is 69.7 cm³/mol. The van der Waals surface area contributed by atoms with Gasteiger partial charge in [0, 0.05) is 12.0 Å². The maximum atomic E-state index is 11.4. The van der Waals surface area contributed by atoms with Gasteiger partial charge in [0.05, 0.1) is 6.61 Å². The molecule has 1 aromatic carbocycles. The van der Waals surface area contributed by atoms with Crippen LogP contribution in [0.25, 0.3) is 11.5 Å². The topological polar surface area (TPSA) is 65.2 Å². The van der Waals surface area contributed by atoms with Crippen LogP contribution in [0.1, 0.15) is 12.0 Å². The summed E-state index contributed by atoms with van der Waals surface area (Å²) in [6.45, 7) is 2.47. The Balaban J connectivity index is 1.78. The molecule has 0 aliphatic carbocycles. The fraction of sp³-hybridized carbons (Fsp3) is 0.308. The molecule has 0 saturated carbocycles. The van der Waals surface area contributed by atoms with E-state index in [2.05, 4.69) is 10.2 Å². The summed E-state index contributed by atoms with van der Waals surface area (Å²) in [4.78, 5) is 11.4. The third-order valence-corrected chi connectivity index (χ3v) is 3.88. The van der Waals surface area contributed by atoms with Crippen LogP contribution in [0.4, 0.5) is 0 Å². The van der Waals surface area contributed by atoms with Gasteiger partial charge in [0.1, 0.15) is 5.25 Å². The Morgan fingerprint density at radius 2 is 2.26 bits per heavy atom. The quantitative estimate of drug-likeness (QED) is 0.802. The summed E-state index contributed by atoms with van der Waals surface area (Å²) in [6, 6.07) is 7.84. The van der Waals surface area contributed by atoms with E-state index in [9.17, 15) is 4.79 Å². The molecule has 6 heteroatoms. The summed E-state index contributed by atoms with van der Waals surface area (Å²) in [5, 5.41) is 8.14. The van der Waals surface area contributed by atoms with Gasteiger partial charge in [-0.3, -0.25) is 4.79 Å². The van der Waals surface area contributed by atoms with E-state index in [1.165, 1.54) is 11.8 Å². The van der Waals surface area contributed by atoms with Crippen molar-refractivity contribution in [1.29, 1.82) is 0 Å². The van der Waals surface area contributed by atoms with Gasteiger partial charge in [0.2, 0.25) is 5.89 Å². The lowest BCUT2D eigenvalue weighted by molar-refractivity contribution is -0.137. The number of nitrogens with zero attached hydrogens (tertiary/aromatic N) is 2. The molecule has 0 bridgehead atoms. The Labute approximate surface area is 114 Å². The number of hydrogen-bond donors (Lipinski definition) is 0. The van der Waals surface area contributed by atoms with Crippen LogP contribution in [0.5, 0.6) is 0 Å². The van der Waals surface area contributed by atoms with Crippen molar-refractivity contribution in [2.24, 2.45) is 0 Å². The van der Waals surface area contributed by atoms with Gasteiger partial charge < -0.3 is 9.15 Å². The lowest BCUT2D eigenvalue weighted by Gasteiger charge is -1.99. The first-order valence-electron chi connectivity index (χ1n) is 5.96. The number of rotatable bonds is 3. The molecule has 2 aromatic rings. The van der Waals surface area contributed by atoms with E-state index in [0.29, 0.717) is 24.1 Å². The molecule has 19 heavy (non-hydrogen) atoms. The van der Waals surface area contributed by atoms with Crippen LogP contribution in [0.3, 0.4) is 0 Å². The first kappa shape index (κ1) is 12.2. The van der Waals surface area contributed by atoms with Crippen molar-refractivity contribution >= 4 is 17.7 Å². The fourth-order valence-corrected chi connectivity index (χ4v) is 2.69. The average molecular weight is 276 g/mol. The maximum Gasteiger partial charge on any atom is 0.319 e. The predicted octanol–water partition coefficient (Wildman–Crippen LogP) is 2.45. The monoisotopic (exact) mass is 276 g/mol. The van der Waals surface area contributed by atoms with Crippen LogP contribution in [-0.4, -0.2) is 28.0 Å². The minimum Gasteiger partial charge on any atom is -0.465 e. The van der Waals surface area contributed by atoms with Gasteiger partial charge in [-0.1, -0.05) is 17.7 Å². The van der Waals surface area contributed by atoms with E-state index in [1.54, 1.807) is 0 Å². The van der Waals surface area contributed by atoms with Crippen molar-refractivity contribution in [3.8, 4) is 11.5 Å². The zero-order chi connectivity index (χ0) is 13.2. The van der Waals surface area contributed by atoms with Gasteiger partial charge >= 0.3 is 5.97 Å². The average Bonchev–Trinajstić information content (AvgIpc) is 3.00. The molecule has 0 radical (unpaired) electrons. The number of esters is 1. The van der Waals surface area contributed by atoms with Crippen molar-refractivity contribution in [3.63, 3.8) is 0 Å². The van der Waals surface area contributed by atoms with Gasteiger partial charge in [-0.25, -0.2) is 0 Å². The molecular formula is C13H12N2O3S. The lowest BCUT2D eigenvalue weighted by Crippen LogP contribution is -2.09. The van der Waals surface area contributed by atoms with Crippen molar-refractivity contribution in [2.75, 3.05) is 6.61 Å². The molecule has 98 valence electrons. The zero-order valence-electron chi connectivity index (χ0n) is 10.3. The van der Waals surface area contributed by atoms with E-state index in [4.69, 9.17) is 9.15 Å². The minimum atomic E-state index is -0.231. The molecule has 1 aliphatic rings. The Hall–Kier alpha value is -1.82. The molecule has 1 aliphatic heterocycles. The van der Waals surface area contributed by atoms with Gasteiger partial charge in [0.25, 0.3) is 5.22 Å². The molecule has 5 nitrogen and oxygen atoms in total. The van der Waals surface area contributed by atoms with Crippen molar-refractivity contribution in [3.05, 3.63) is 29.8 Å². The third kappa shape index (κ3) is 2.63. The molecule has 2 heterocycles. The first-order valence-corrected chi connectivity index (χ1v) is 6.84. The highest BCUT2D eigenvalue weighted by Crippen LogP contribution is 2.30. The van der Waals surface area contributed by atoms with E-state index in [-0.39, 0.29) is 11.2 Å². The number of aryl methyl sites for hydroxylation is 1. The highest BCUT2D eigenvalue weighted by Gasteiger charge is 2.29. The highest BCUT2D eigenvalue weighted by molar-refractivity contribution is 8.00. The summed E-state index contributed by atoms with van der Waals surface area (Å²) >= 11 is 1.26. The number of ether oxygens (including phenoxy) is 1. The Bertz CT molecular complexity index is 611. The van der Waals surface area contributed by atoms with Crippen molar-refractivity contribution in [2.45, 2.75) is 23.8 Å². The molecule has 1 aromatic heterocycles. The van der Waals surface area contributed by atoms with Crippen molar-refractivity contribution < 1.29 is 13.9 Å². The summed E-state index contributed by atoms with van der Waals surface area (Å²) in [6.07, 6.45) is 0.686.